The van der Waals surface area contributed by atoms with Gasteiger partial charge in [0.2, 0.25) is 0 Å². The van der Waals surface area contributed by atoms with Gasteiger partial charge in [0.05, 0.1) is 27.6 Å². The Hall–Kier alpha value is -2.66. The summed E-state index contributed by atoms with van der Waals surface area (Å²) in [4.78, 5) is 10.9. The quantitative estimate of drug-likeness (QED) is 0.184. The number of para-hydroxylation sites is 2. The van der Waals surface area contributed by atoms with E-state index in [0.29, 0.717) is 5.92 Å². The molecule has 224 valence electrons. The molecule has 0 N–H and O–H groups in total. The van der Waals surface area contributed by atoms with Crippen molar-refractivity contribution in [2.45, 2.75) is 68.9 Å². The van der Waals surface area contributed by atoms with Crippen LogP contribution >= 0.6 is 18.5 Å². The van der Waals surface area contributed by atoms with E-state index in [2.05, 4.69) is 130 Å². The molecule has 0 amide bonds. The highest BCUT2D eigenvalue weighted by Crippen LogP contribution is 2.65. The number of pyridine rings is 2. The number of nitrogens with zero attached hydrogens (tertiary/aromatic N) is 2. The maximum atomic E-state index is 5.43. The molecular weight excluding hydrogens is 570 g/mol. The molecule has 2 heterocycles. The van der Waals surface area contributed by atoms with E-state index in [9.17, 15) is 0 Å². The van der Waals surface area contributed by atoms with E-state index in [1.165, 1.54) is 60.2 Å². The lowest BCUT2D eigenvalue weighted by atomic mass is 9.43. The highest BCUT2D eigenvalue weighted by Gasteiger charge is 2.58. The predicted molar refractivity (Wildman–Crippen MR) is 192 cm³/mol. The molecule has 5 atom stereocenters. The Labute approximate surface area is 267 Å². The molecule has 3 aromatic carbocycles. The Bertz CT molecular complexity index is 1800. The van der Waals surface area contributed by atoms with E-state index < -0.39 is 5.16 Å². The average molecular weight is 615 g/mol. The zero-order valence-electron chi connectivity index (χ0n) is 26.3. The van der Waals surface area contributed by atoms with Gasteiger partial charge >= 0.3 is 0 Å². The van der Waals surface area contributed by atoms with Crippen LogP contribution in [0.3, 0.4) is 0 Å². The molecule has 0 spiro atoms. The standard InChI is InChI=1S/C40H44N2P2/c1-38(2,3)30-14-15-31(39-22-25-18-26(23-39)20-29(19-25)33(39)24-43)32(21-30)40(44,36-16-12-27-8-4-6-10-34(27)41-36)37-17-13-28-9-5-7-11-35(28)42-37/h4-17,21,25-26,29,33H,18-20,22-24,43-44H2,1-3H3. The Kier molecular flexibility index (Phi) is 6.83. The molecule has 9 rings (SSSR count). The average Bonchev–Trinajstić information content (AvgIpc) is 3.03. The third-order valence-corrected chi connectivity index (χ3v) is 13.0. The highest BCUT2D eigenvalue weighted by molar-refractivity contribution is 7.19. The summed E-state index contributed by atoms with van der Waals surface area (Å²) in [5, 5.41) is 1.73. The summed E-state index contributed by atoms with van der Waals surface area (Å²) in [6.07, 6.45) is 8.10. The monoisotopic (exact) mass is 614 g/mol. The predicted octanol–water partition coefficient (Wildman–Crippen LogP) is 9.82. The summed E-state index contributed by atoms with van der Waals surface area (Å²) in [6, 6.07) is 33.6. The Morgan fingerprint density at radius 2 is 1.30 bits per heavy atom. The molecule has 4 aliphatic carbocycles. The van der Waals surface area contributed by atoms with E-state index in [1.807, 2.05) is 0 Å². The topological polar surface area (TPSA) is 25.8 Å². The Morgan fingerprint density at radius 3 is 1.84 bits per heavy atom. The second kappa shape index (κ2) is 10.4. The lowest BCUT2D eigenvalue weighted by Gasteiger charge is -2.62. The van der Waals surface area contributed by atoms with Gasteiger partial charge in [0, 0.05) is 10.8 Å². The van der Waals surface area contributed by atoms with Crippen LogP contribution in [0.2, 0.25) is 0 Å². The summed E-state index contributed by atoms with van der Waals surface area (Å²) in [7, 11) is 6.53. The first-order valence-electron chi connectivity index (χ1n) is 16.6. The van der Waals surface area contributed by atoms with E-state index >= 15 is 0 Å². The van der Waals surface area contributed by atoms with Gasteiger partial charge in [-0.15, -0.1) is 18.5 Å². The van der Waals surface area contributed by atoms with E-state index in [-0.39, 0.29) is 10.8 Å². The molecule has 44 heavy (non-hydrogen) atoms. The number of aromatic nitrogens is 2. The van der Waals surface area contributed by atoms with Crippen molar-refractivity contribution in [2.75, 3.05) is 6.16 Å². The van der Waals surface area contributed by atoms with Crippen molar-refractivity contribution >= 4 is 40.3 Å². The van der Waals surface area contributed by atoms with Crippen molar-refractivity contribution in [2.24, 2.45) is 23.7 Å². The summed E-state index contributed by atoms with van der Waals surface area (Å²) < 4.78 is 0. The van der Waals surface area contributed by atoms with Crippen LogP contribution in [-0.4, -0.2) is 16.1 Å². The lowest BCUT2D eigenvalue weighted by molar-refractivity contribution is -0.0522. The first-order chi connectivity index (χ1) is 21.2. The molecule has 2 aromatic heterocycles. The summed E-state index contributed by atoms with van der Waals surface area (Å²) in [5.74, 6) is 3.24. The Balaban J connectivity index is 1.45. The van der Waals surface area contributed by atoms with E-state index in [4.69, 9.17) is 9.97 Å². The van der Waals surface area contributed by atoms with Crippen molar-refractivity contribution in [3.63, 3.8) is 0 Å². The molecule has 0 radical (unpaired) electrons. The molecule has 4 saturated carbocycles. The smallest absolute Gasteiger partial charge is 0.0936 e. The first kappa shape index (κ1) is 28.8. The Morgan fingerprint density at radius 1 is 0.727 bits per heavy atom. The van der Waals surface area contributed by atoms with Crippen molar-refractivity contribution < 1.29 is 0 Å². The zero-order valence-corrected chi connectivity index (χ0v) is 28.6. The second-order valence-corrected chi connectivity index (χ2v) is 16.5. The van der Waals surface area contributed by atoms with Crippen LogP contribution in [-0.2, 0) is 16.0 Å². The number of hydrogen-bond acceptors (Lipinski definition) is 2. The largest absolute Gasteiger partial charge is 0.251 e. The van der Waals surface area contributed by atoms with Crippen molar-refractivity contribution in [3.8, 4) is 0 Å². The van der Waals surface area contributed by atoms with Crippen LogP contribution in [0.4, 0.5) is 0 Å². The first-order valence-corrected chi connectivity index (χ1v) is 18.0. The molecule has 0 saturated heterocycles. The van der Waals surface area contributed by atoms with Crippen molar-refractivity contribution in [1.82, 2.24) is 9.97 Å². The zero-order chi connectivity index (χ0) is 30.3. The van der Waals surface area contributed by atoms with Gasteiger partial charge in [0.15, 0.2) is 0 Å². The summed E-state index contributed by atoms with van der Waals surface area (Å²) in [5.41, 5.74) is 8.67. The van der Waals surface area contributed by atoms with Crippen LogP contribution in [0.15, 0.2) is 91.0 Å². The molecular formula is C40H44N2P2. The van der Waals surface area contributed by atoms with Crippen molar-refractivity contribution in [3.05, 3.63) is 119 Å². The van der Waals surface area contributed by atoms with Crippen LogP contribution in [0.25, 0.3) is 21.8 Å². The van der Waals surface area contributed by atoms with Crippen LogP contribution in [0, 0.1) is 23.7 Å². The fourth-order valence-electron chi connectivity index (χ4n) is 9.73. The van der Waals surface area contributed by atoms with Gasteiger partial charge in [-0.25, -0.2) is 0 Å². The summed E-state index contributed by atoms with van der Waals surface area (Å²) in [6.45, 7) is 7.03. The third kappa shape index (κ3) is 4.42. The van der Waals surface area contributed by atoms with Crippen molar-refractivity contribution in [1.29, 1.82) is 0 Å². The molecule has 4 fully saturated rings. The van der Waals surface area contributed by atoms with Gasteiger partial charge in [-0.2, -0.15) is 0 Å². The molecule has 4 heteroatoms. The minimum absolute atomic E-state index is 0.0218. The maximum absolute atomic E-state index is 5.43. The molecule has 0 aliphatic heterocycles. The number of fused-ring (bicyclic) bond motifs is 2. The van der Waals surface area contributed by atoms with Gasteiger partial charge in [-0.3, -0.25) is 9.97 Å². The minimum Gasteiger partial charge on any atom is -0.251 e. The molecule has 5 aromatic rings. The van der Waals surface area contributed by atoms with Gasteiger partial charge in [-0.05, 0) is 114 Å². The third-order valence-electron chi connectivity index (χ3n) is 11.6. The van der Waals surface area contributed by atoms with Gasteiger partial charge in [0.1, 0.15) is 0 Å². The van der Waals surface area contributed by atoms with Gasteiger partial charge < -0.3 is 0 Å². The molecule has 4 bridgehead atoms. The number of hydrogen-bond donors (Lipinski definition) is 0. The maximum Gasteiger partial charge on any atom is 0.0936 e. The fraction of sp³-hybridized carbons (Fsp3) is 0.400. The number of rotatable bonds is 5. The van der Waals surface area contributed by atoms with Crippen LogP contribution < -0.4 is 0 Å². The van der Waals surface area contributed by atoms with Gasteiger partial charge in [0.25, 0.3) is 0 Å². The van der Waals surface area contributed by atoms with Gasteiger partial charge in [-0.1, -0.05) is 87.5 Å². The molecule has 2 nitrogen and oxygen atoms in total. The fourth-order valence-corrected chi connectivity index (χ4v) is 11.1. The van der Waals surface area contributed by atoms with E-state index in [0.717, 1.165) is 40.2 Å². The van der Waals surface area contributed by atoms with Crippen LogP contribution in [0.1, 0.15) is 81.0 Å². The SMILES string of the molecule is CC(C)(C)c1ccc(C23CC4CC(CC(C4)C2CP)C3)c(C(P)(c2ccc3ccccc3n2)c2ccc3ccccc3n2)c1. The summed E-state index contributed by atoms with van der Waals surface area (Å²) >= 11 is 0. The second-order valence-electron chi connectivity index (χ2n) is 15.2. The molecule has 4 aliphatic rings. The van der Waals surface area contributed by atoms with Crippen LogP contribution in [0.5, 0.6) is 0 Å². The minimum atomic E-state index is -0.612. The molecule has 5 unspecified atom stereocenters. The number of benzene rings is 3. The lowest BCUT2D eigenvalue weighted by Crippen LogP contribution is -2.56. The normalized spacial score (nSPS) is 26.5. The highest BCUT2D eigenvalue weighted by atomic mass is 31.0. The van der Waals surface area contributed by atoms with E-state index in [1.54, 1.807) is 5.56 Å².